The molecule has 3 aromatic heterocycles. The molecule has 0 radical (unpaired) electrons. The van der Waals surface area contributed by atoms with Gasteiger partial charge in [0.25, 0.3) is 5.92 Å². The highest BCUT2D eigenvalue weighted by atomic mass is 35.5. The van der Waals surface area contributed by atoms with Gasteiger partial charge in [-0.2, -0.15) is 49.6 Å². The van der Waals surface area contributed by atoms with Crippen LogP contribution in [0.15, 0.2) is 42.5 Å². The number of halogens is 11. The summed E-state index contributed by atoms with van der Waals surface area (Å²) in [7, 11) is -8.83. The molecule has 3 atom stereocenters. The Balaban J connectivity index is 1.61. The van der Waals surface area contributed by atoms with Crippen LogP contribution in [0.4, 0.5) is 54.5 Å². The number of carboxylic acids is 2. The summed E-state index contributed by atoms with van der Waals surface area (Å²) in [4.78, 5) is 55.4. The first-order valence-corrected chi connectivity index (χ1v) is 26.8. The molecule has 3 N–H and O–H groups in total. The highest BCUT2D eigenvalue weighted by molar-refractivity contribution is 7.92. The number of nitrogens with zero attached hydrogens (tertiary/aromatic N) is 6. The Morgan fingerprint density at radius 3 is 2.04 bits per heavy atom. The van der Waals surface area contributed by atoms with Crippen molar-refractivity contribution in [1.29, 1.82) is 0 Å². The number of rotatable bonds is 19. The molecule has 0 aliphatic heterocycles. The van der Waals surface area contributed by atoms with E-state index in [1.807, 2.05) is 0 Å². The first-order chi connectivity index (χ1) is 35.2. The first kappa shape index (κ1) is 59.7. The second kappa shape index (κ2) is 21.3. The van der Waals surface area contributed by atoms with Crippen LogP contribution in [0.5, 0.6) is 0 Å². The summed E-state index contributed by atoms with van der Waals surface area (Å²) in [5, 5.41) is 26.8. The van der Waals surface area contributed by atoms with E-state index in [1.165, 1.54) is 26.0 Å². The predicted molar refractivity (Wildman–Crippen MR) is 253 cm³/mol. The Kier molecular flexibility index (Phi) is 16.5. The third kappa shape index (κ3) is 12.7. The van der Waals surface area contributed by atoms with Crippen molar-refractivity contribution < 1.29 is 94.9 Å². The summed E-state index contributed by atoms with van der Waals surface area (Å²) in [5.74, 6) is -17.9. The van der Waals surface area contributed by atoms with E-state index >= 15 is 8.78 Å². The molecule has 1 aliphatic rings. The summed E-state index contributed by atoms with van der Waals surface area (Å²) < 4.78 is 204. The molecule has 2 aromatic carbocycles. The largest absolute Gasteiger partial charge is 0.481 e. The maximum Gasteiger partial charge on any atom is 0.435 e. The van der Waals surface area contributed by atoms with Crippen molar-refractivity contribution in [2.45, 2.75) is 101 Å². The lowest BCUT2D eigenvalue weighted by Gasteiger charge is -2.25. The highest BCUT2D eigenvalue weighted by Gasteiger charge is 2.57. The summed E-state index contributed by atoms with van der Waals surface area (Å²) >= 11 is 6.60. The van der Waals surface area contributed by atoms with Gasteiger partial charge in [-0.05, 0) is 68.9 Å². The van der Waals surface area contributed by atoms with Crippen LogP contribution in [0.1, 0.15) is 86.4 Å². The molecule has 0 unspecified atom stereocenters. The smallest absolute Gasteiger partial charge is 0.435 e. The first-order valence-electron chi connectivity index (χ1n) is 22.6. The number of sulfone groups is 1. The monoisotopic (exact) mass is 1160 g/mol. The number of sulfonamides is 1. The number of nitrogens with one attached hydrogen (secondary N) is 1. The number of carboxylic acid groups (broad SMARTS) is 2. The maximum absolute atomic E-state index is 15.8. The number of aromatic nitrogens is 5. The minimum absolute atomic E-state index is 0.0128. The van der Waals surface area contributed by atoms with E-state index in [4.69, 9.17) is 16.3 Å². The number of hydrogen-bond acceptors (Lipinski definition) is 12. The average Bonchev–Trinajstić information content (AvgIpc) is 3.89. The van der Waals surface area contributed by atoms with E-state index in [-0.39, 0.29) is 43.3 Å². The molecular formula is C46H46ClF10N7O11S2. The highest BCUT2D eigenvalue weighted by Crippen LogP contribution is 2.55. The van der Waals surface area contributed by atoms with Gasteiger partial charge in [-0.1, -0.05) is 37.6 Å². The molecule has 0 fully saturated rings. The zero-order valence-corrected chi connectivity index (χ0v) is 43.4. The fourth-order valence-corrected chi connectivity index (χ4v) is 10.1. The van der Waals surface area contributed by atoms with E-state index in [9.17, 15) is 81.4 Å². The topological polar surface area (TPSA) is 250 Å². The van der Waals surface area contributed by atoms with Gasteiger partial charge in [0, 0.05) is 47.0 Å². The van der Waals surface area contributed by atoms with Crippen LogP contribution in [0.25, 0.3) is 22.0 Å². The molecule has 0 spiro atoms. The van der Waals surface area contributed by atoms with Crippen LogP contribution < -0.4 is 9.62 Å². The van der Waals surface area contributed by atoms with E-state index in [2.05, 4.69) is 20.5 Å². The molecule has 77 heavy (non-hydrogen) atoms. The molecule has 5 aromatic rings. The third-order valence-electron chi connectivity index (χ3n) is 13.0. The Morgan fingerprint density at radius 2 is 1.49 bits per heavy atom. The van der Waals surface area contributed by atoms with Gasteiger partial charge in [-0.3, -0.25) is 28.7 Å². The average molecular weight is 1160 g/mol. The number of anilines is 1. The van der Waals surface area contributed by atoms with Gasteiger partial charge in [0.15, 0.2) is 27.3 Å². The number of benzene rings is 2. The van der Waals surface area contributed by atoms with Crippen molar-refractivity contribution >= 4 is 72.1 Å². The van der Waals surface area contributed by atoms with E-state index in [1.54, 1.807) is 0 Å². The number of aryl methyl sites for hydroxylation is 1. The number of carbonyl (C=O) groups excluding carboxylic acids is 2. The minimum Gasteiger partial charge on any atom is -0.481 e. The van der Waals surface area contributed by atoms with Gasteiger partial charge in [0.05, 0.1) is 45.3 Å². The number of pyridine rings is 1. The quantitative estimate of drug-likeness (QED) is 0.0518. The molecular weight excluding hydrogens is 1120 g/mol. The van der Waals surface area contributed by atoms with Crippen molar-refractivity contribution in [2.24, 2.45) is 11.8 Å². The van der Waals surface area contributed by atoms with Gasteiger partial charge in [0.2, 0.25) is 15.9 Å². The summed E-state index contributed by atoms with van der Waals surface area (Å²) in [6.07, 6.45) is -13.2. The van der Waals surface area contributed by atoms with Gasteiger partial charge in [-0.25, -0.2) is 30.4 Å². The van der Waals surface area contributed by atoms with E-state index < -0.39 is 185 Å². The number of fused-ring (bicyclic) bond motifs is 2. The number of aliphatic carboxylic acids is 2. The van der Waals surface area contributed by atoms with Crippen molar-refractivity contribution in [3.05, 3.63) is 93.0 Å². The lowest BCUT2D eigenvalue weighted by molar-refractivity contribution is -0.155. The fourth-order valence-electron chi connectivity index (χ4n) is 8.64. The number of hydrogen-bond donors (Lipinski definition) is 3. The lowest BCUT2D eigenvalue weighted by Crippen LogP contribution is -2.38. The molecule has 31 heteroatoms. The Hall–Kier alpha value is -6.56. The zero-order chi connectivity index (χ0) is 57.9. The maximum atomic E-state index is 15.8. The van der Waals surface area contributed by atoms with Gasteiger partial charge >= 0.3 is 30.4 Å². The normalized spacial score (nSPS) is 16.4. The molecule has 3 heterocycles. The molecule has 420 valence electrons. The second-order valence-electron chi connectivity index (χ2n) is 18.9. The fraction of sp³-hybridized carbons (Fsp3) is 0.457. The van der Waals surface area contributed by atoms with Crippen LogP contribution in [-0.4, -0.2) is 106 Å². The lowest BCUT2D eigenvalue weighted by atomic mass is 9.93. The SMILES string of the molecule is C[C@@H]1c2c(C(F)(F)F)nn(CC(=O)N[C@@H](Cc3cc(F)cc(F)c3)c3nc(CCC(C)(C)S(C)(=O)=O)ccc3-c3ccc(Cl)c4c(N(C(=O)OCCC(C(=O)O)C(=O)O)S(C)(=O)=O)nn(CC(F)(F)F)c34)c2C(F)(F)[C@@H]1C. The number of alkyl halides is 8. The summed E-state index contributed by atoms with van der Waals surface area (Å²) in [6.45, 7) is 0.337. The van der Waals surface area contributed by atoms with Crippen molar-refractivity contribution in [2.75, 3.05) is 23.4 Å². The van der Waals surface area contributed by atoms with Gasteiger partial charge in [0.1, 0.15) is 30.4 Å². The van der Waals surface area contributed by atoms with Crippen LogP contribution in [0.3, 0.4) is 0 Å². The molecule has 0 bridgehead atoms. The number of carbonyl (C=O) groups is 4. The van der Waals surface area contributed by atoms with Crippen molar-refractivity contribution in [3.8, 4) is 11.1 Å². The van der Waals surface area contributed by atoms with E-state index in [0.29, 0.717) is 12.3 Å². The van der Waals surface area contributed by atoms with Crippen LogP contribution in [0.2, 0.25) is 5.02 Å². The van der Waals surface area contributed by atoms with Gasteiger partial charge < -0.3 is 20.3 Å². The molecule has 6 rings (SSSR count). The molecule has 0 saturated carbocycles. The molecule has 1 aliphatic carbocycles. The summed E-state index contributed by atoms with van der Waals surface area (Å²) in [6, 6.07) is 4.67. The third-order valence-corrected chi connectivity index (χ3v) is 16.5. The molecule has 2 amide bonds. The minimum atomic E-state index is -5.29. The van der Waals surface area contributed by atoms with Crippen LogP contribution in [-0.2, 0) is 77.0 Å². The van der Waals surface area contributed by atoms with E-state index in [0.717, 1.165) is 44.4 Å². The molecule has 0 saturated heterocycles. The Labute approximate surface area is 436 Å². The Morgan fingerprint density at radius 1 is 0.896 bits per heavy atom. The second-order valence-corrected chi connectivity index (χ2v) is 23.8. The Bertz CT molecular complexity index is 3370. The van der Waals surface area contributed by atoms with Gasteiger partial charge in [-0.15, -0.1) is 0 Å². The van der Waals surface area contributed by atoms with Crippen molar-refractivity contribution in [3.63, 3.8) is 0 Å². The zero-order valence-electron chi connectivity index (χ0n) is 41.0. The number of amides is 2. The predicted octanol–water partition coefficient (Wildman–Crippen LogP) is 8.59. The van der Waals surface area contributed by atoms with Crippen LogP contribution in [0, 0.1) is 23.5 Å². The summed E-state index contributed by atoms with van der Waals surface area (Å²) in [5.41, 5.74) is -6.07. The van der Waals surface area contributed by atoms with Crippen LogP contribution >= 0.6 is 11.6 Å². The standard InChI is InChI=1S/C46H46ClF10N7O11S2/c1-21-22(2)45(53,54)38-33(21)37(46(55,56)57)60-62(38)19-32(65)59-31(17-23-15-24(48)18-25(49)16-23)35-27(8-7-26(58-35)11-13-43(3,4)76(5,71)72)28-9-10-30(47)34-36(28)63(20-44(50,51)52)61-39(34)64(77(6,73)74)42(70)75-14-12-29(40(66)67)41(68)69/h7-10,15-16,18,21-22,29,31H,11-14,17,19-20H2,1-6H3,(H,59,65)(H,66,67)(H,68,69)/t21-,22+,31-/m0/s1. The van der Waals surface area contributed by atoms with Crippen molar-refractivity contribution in [1.82, 2.24) is 29.9 Å². The molecule has 18 nitrogen and oxygen atoms in total. The number of ether oxygens (including phenoxy) is 1.